The van der Waals surface area contributed by atoms with Gasteiger partial charge in [-0.15, -0.1) is 0 Å². The molecule has 0 aliphatic heterocycles. The zero-order chi connectivity index (χ0) is 18.4. The van der Waals surface area contributed by atoms with Gasteiger partial charge in [0, 0.05) is 23.9 Å². The zero-order valence-electron chi connectivity index (χ0n) is 14.9. The Morgan fingerprint density at radius 3 is 2.00 bits per heavy atom. The summed E-state index contributed by atoms with van der Waals surface area (Å²) in [5.74, 6) is 0.609. The van der Waals surface area contributed by atoms with Crippen LogP contribution in [-0.2, 0) is 0 Å². The molecule has 0 heterocycles. The number of carbonyl (C=O) groups is 1. The average molecular weight is 357 g/mol. The lowest BCUT2D eigenvalue weighted by atomic mass is 9.59. The minimum atomic E-state index is -0.329. The van der Waals surface area contributed by atoms with Gasteiger partial charge in [0.15, 0.2) is 0 Å². The lowest BCUT2D eigenvalue weighted by Gasteiger charge is -2.45. The Bertz CT molecular complexity index is 963. The molecule has 3 aromatic carbocycles. The smallest absolute Gasteiger partial charge is 0.251 e. The highest BCUT2D eigenvalue weighted by Crippen LogP contribution is 2.55. The molecule has 3 aliphatic carbocycles. The van der Waals surface area contributed by atoms with Crippen LogP contribution in [0.5, 0.6) is 0 Å². The summed E-state index contributed by atoms with van der Waals surface area (Å²) >= 11 is 0. The molecule has 1 atom stereocenters. The van der Waals surface area contributed by atoms with Crippen molar-refractivity contribution in [2.75, 3.05) is 6.54 Å². The number of benzene rings is 3. The normalized spacial score (nSPS) is 22.0. The molecule has 27 heavy (non-hydrogen) atoms. The van der Waals surface area contributed by atoms with Gasteiger partial charge >= 0.3 is 0 Å². The van der Waals surface area contributed by atoms with E-state index in [0.29, 0.717) is 29.9 Å². The maximum atomic E-state index is 13.1. The summed E-state index contributed by atoms with van der Waals surface area (Å²) in [5, 5.41) is 3.07. The molecule has 3 heteroatoms. The summed E-state index contributed by atoms with van der Waals surface area (Å²) in [5.41, 5.74) is 6.16. The molecule has 0 radical (unpaired) electrons. The van der Waals surface area contributed by atoms with E-state index >= 15 is 0 Å². The minimum absolute atomic E-state index is 0.141. The van der Waals surface area contributed by atoms with E-state index in [1.54, 1.807) is 0 Å². The highest BCUT2D eigenvalue weighted by molar-refractivity contribution is 5.94. The molecule has 3 aliphatic rings. The van der Waals surface area contributed by atoms with Crippen molar-refractivity contribution in [3.63, 3.8) is 0 Å². The largest absolute Gasteiger partial charge is 0.352 e. The van der Waals surface area contributed by atoms with E-state index < -0.39 is 0 Å². The molecule has 134 valence electrons. The quantitative estimate of drug-likeness (QED) is 0.713. The Balaban J connectivity index is 1.42. The Labute approximate surface area is 158 Å². The number of fused-ring (bicyclic) bond motifs is 1. The Morgan fingerprint density at radius 1 is 0.852 bits per heavy atom. The van der Waals surface area contributed by atoms with Gasteiger partial charge in [0.2, 0.25) is 0 Å². The predicted octanol–water partition coefficient (Wildman–Crippen LogP) is 4.85. The molecular weight excluding hydrogens is 337 g/mol. The Hall–Kier alpha value is -2.94. The van der Waals surface area contributed by atoms with Gasteiger partial charge in [-0.25, -0.2) is 4.39 Å². The number of hydrogen-bond acceptors (Lipinski definition) is 1. The van der Waals surface area contributed by atoms with Crippen LogP contribution in [0.4, 0.5) is 4.39 Å². The van der Waals surface area contributed by atoms with Gasteiger partial charge in [-0.1, -0.05) is 48.5 Å². The number of nitrogens with one attached hydrogen (secondary N) is 1. The van der Waals surface area contributed by atoms with Crippen molar-refractivity contribution < 1.29 is 9.18 Å². The zero-order valence-corrected chi connectivity index (χ0v) is 14.9. The van der Waals surface area contributed by atoms with E-state index in [4.69, 9.17) is 0 Å². The van der Waals surface area contributed by atoms with Gasteiger partial charge in [0.25, 0.3) is 5.91 Å². The van der Waals surface area contributed by atoms with Crippen molar-refractivity contribution in [2.45, 2.75) is 18.3 Å². The van der Waals surface area contributed by atoms with Crippen LogP contribution in [-0.4, -0.2) is 12.5 Å². The van der Waals surface area contributed by atoms with Crippen LogP contribution in [0.25, 0.3) is 0 Å². The third-order valence-electron chi connectivity index (χ3n) is 6.05. The molecule has 1 unspecified atom stereocenters. The summed E-state index contributed by atoms with van der Waals surface area (Å²) in [6, 6.07) is 23.1. The third kappa shape index (κ3) is 2.66. The van der Waals surface area contributed by atoms with Gasteiger partial charge in [0.05, 0.1) is 0 Å². The van der Waals surface area contributed by atoms with Crippen LogP contribution in [0, 0.1) is 11.7 Å². The first kappa shape index (κ1) is 16.2. The highest BCUT2D eigenvalue weighted by atomic mass is 19.1. The highest BCUT2D eigenvalue weighted by Gasteiger charge is 2.42. The second-order valence-electron chi connectivity index (χ2n) is 7.50. The van der Waals surface area contributed by atoms with Crippen molar-refractivity contribution in [3.8, 4) is 0 Å². The van der Waals surface area contributed by atoms with Gasteiger partial charge in [-0.3, -0.25) is 4.79 Å². The number of carbonyl (C=O) groups excluding carboxylic acids is 1. The standard InChI is InChI=1S/C24H20FNO/c25-17-11-9-15(10-12-17)24(27)26-14-16-13-22-18-5-1-3-7-20(18)23(16)21-8-4-2-6-19(21)22/h1-12,16,22-23H,13-14H2,(H,26,27). The van der Waals surface area contributed by atoms with Crippen molar-refractivity contribution in [1.82, 2.24) is 5.32 Å². The fourth-order valence-corrected chi connectivity index (χ4v) is 4.89. The molecule has 3 aromatic rings. The molecule has 0 fully saturated rings. The summed E-state index contributed by atoms with van der Waals surface area (Å²) in [7, 11) is 0. The van der Waals surface area contributed by atoms with Crippen LogP contribution in [0.1, 0.15) is 50.9 Å². The molecule has 1 N–H and O–H groups in total. The monoisotopic (exact) mass is 357 g/mol. The van der Waals surface area contributed by atoms with Crippen LogP contribution in [0.2, 0.25) is 0 Å². The maximum Gasteiger partial charge on any atom is 0.251 e. The molecular formula is C24H20FNO. The van der Waals surface area contributed by atoms with Gasteiger partial charge in [0.1, 0.15) is 5.82 Å². The van der Waals surface area contributed by atoms with E-state index in [0.717, 1.165) is 6.42 Å². The van der Waals surface area contributed by atoms with Crippen LogP contribution in [0.3, 0.4) is 0 Å². The summed E-state index contributed by atoms with van der Waals surface area (Å²) in [6.45, 7) is 0.625. The molecule has 2 bridgehead atoms. The van der Waals surface area contributed by atoms with Crippen molar-refractivity contribution >= 4 is 5.91 Å². The molecule has 2 nitrogen and oxygen atoms in total. The number of hydrogen-bond donors (Lipinski definition) is 1. The Kier molecular flexibility index (Phi) is 3.82. The predicted molar refractivity (Wildman–Crippen MR) is 103 cm³/mol. The van der Waals surface area contributed by atoms with Crippen LogP contribution in [0.15, 0.2) is 72.8 Å². The topological polar surface area (TPSA) is 29.1 Å². The fraction of sp³-hybridized carbons (Fsp3) is 0.208. The van der Waals surface area contributed by atoms with E-state index in [9.17, 15) is 9.18 Å². The molecule has 0 aromatic heterocycles. The Morgan fingerprint density at radius 2 is 1.41 bits per heavy atom. The lowest BCUT2D eigenvalue weighted by Crippen LogP contribution is -2.39. The lowest BCUT2D eigenvalue weighted by molar-refractivity contribution is 0.0943. The first-order chi connectivity index (χ1) is 13.2. The van der Waals surface area contributed by atoms with Crippen LogP contribution < -0.4 is 5.32 Å². The molecule has 1 amide bonds. The summed E-state index contributed by atoms with van der Waals surface area (Å²) in [4.78, 5) is 12.5. The van der Waals surface area contributed by atoms with E-state index in [2.05, 4.69) is 53.8 Å². The second kappa shape index (κ2) is 6.34. The van der Waals surface area contributed by atoms with E-state index in [1.807, 2.05) is 0 Å². The SMILES string of the molecule is O=C(NCC1CC2c3ccccc3C1c1ccccc12)c1ccc(F)cc1. The number of amides is 1. The first-order valence-electron chi connectivity index (χ1n) is 9.44. The average Bonchev–Trinajstić information content (AvgIpc) is 2.72. The summed E-state index contributed by atoms with van der Waals surface area (Å²) < 4.78 is 13.1. The number of halogens is 1. The second-order valence-corrected chi connectivity index (χ2v) is 7.50. The van der Waals surface area contributed by atoms with Crippen molar-refractivity contribution in [2.24, 2.45) is 5.92 Å². The molecule has 0 spiro atoms. The minimum Gasteiger partial charge on any atom is -0.352 e. The molecule has 0 saturated carbocycles. The van der Waals surface area contributed by atoms with Crippen molar-refractivity contribution in [1.29, 1.82) is 0 Å². The summed E-state index contributed by atoms with van der Waals surface area (Å²) in [6.07, 6.45) is 1.04. The third-order valence-corrected chi connectivity index (χ3v) is 6.05. The van der Waals surface area contributed by atoms with E-state index in [1.165, 1.54) is 46.5 Å². The molecule has 0 saturated heterocycles. The fourth-order valence-electron chi connectivity index (χ4n) is 4.89. The van der Waals surface area contributed by atoms with E-state index in [-0.39, 0.29) is 11.7 Å². The number of rotatable bonds is 3. The maximum absolute atomic E-state index is 13.1. The van der Waals surface area contributed by atoms with Gasteiger partial charge in [-0.2, -0.15) is 0 Å². The molecule has 6 rings (SSSR count). The van der Waals surface area contributed by atoms with Gasteiger partial charge < -0.3 is 5.32 Å². The first-order valence-corrected chi connectivity index (χ1v) is 9.44. The van der Waals surface area contributed by atoms with Gasteiger partial charge in [-0.05, 0) is 58.9 Å². The van der Waals surface area contributed by atoms with Crippen molar-refractivity contribution in [3.05, 3.63) is 106 Å². The van der Waals surface area contributed by atoms with Crippen LogP contribution >= 0.6 is 0 Å².